The van der Waals surface area contributed by atoms with Crippen molar-refractivity contribution in [2.24, 2.45) is 0 Å². The summed E-state index contributed by atoms with van der Waals surface area (Å²) in [4.78, 5) is 8.16. The molecule has 94 valence electrons. The van der Waals surface area contributed by atoms with E-state index in [0.29, 0.717) is 16.1 Å². The van der Waals surface area contributed by atoms with Crippen molar-refractivity contribution in [3.8, 4) is 0 Å². The lowest BCUT2D eigenvalue weighted by molar-refractivity contribution is 0.632. The van der Waals surface area contributed by atoms with Gasteiger partial charge in [-0.15, -0.1) is 0 Å². The Labute approximate surface area is 118 Å². The van der Waals surface area contributed by atoms with E-state index in [1.165, 1.54) is 23.9 Å². The Bertz CT molecular complexity index is 580. The van der Waals surface area contributed by atoms with Crippen molar-refractivity contribution >= 4 is 46.5 Å². The molecule has 0 fully saturated rings. The van der Waals surface area contributed by atoms with Gasteiger partial charge in [0.2, 0.25) is 0 Å². The summed E-state index contributed by atoms with van der Waals surface area (Å²) in [6, 6.07) is 6.20. The van der Waals surface area contributed by atoms with Crippen LogP contribution < -0.4 is 5.32 Å². The van der Waals surface area contributed by atoms with E-state index in [9.17, 15) is 4.39 Å². The number of rotatable bonds is 3. The van der Waals surface area contributed by atoms with E-state index in [1.807, 2.05) is 6.26 Å². The Kier molecular flexibility index (Phi) is 4.27. The van der Waals surface area contributed by atoms with Crippen LogP contribution in [0.25, 0.3) is 0 Å². The first-order valence-corrected chi connectivity index (χ1v) is 6.88. The Morgan fingerprint density at radius 2 is 2.06 bits per heavy atom. The molecule has 0 radical (unpaired) electrons. The third kappa shape index (κ3) is 3.04. The smallest absolute Gasteiger partial charge is 0.190 e. The van der Waals surface area contributed by atoms with Gasteiger partial charge in [-0.3, -0.25) is 0 Å². The Morgan fingerprint density at radius 3 is 2.78 bits per heavy atom. The van der Waals surface area contributed by atoms with Crippen LogP contribution in [0.4, 0.5) is 15.9 Å². The van der Waals surface area contributed by atoms with E-state index in [2.05, 4.69) is 15.3 Å². The molecule has 2 aromatic rings. The summed E-state index contributed by atoms with van der Waals surface area (Å²) >= 11 is 12.9. The third-order valence-electron chi connectivity index (χ3n) is 2.07. The molecule has 1 heterocycles. The van der Waals surface area contributed by atoms with E-state index < -0.39 is 5.82 Å². The average Bonchev–Trinajstić information content (AvgIpc) is 2.34. The van der Waals surface area contributed by atoms with E-state index >= 15 is 0 Å². The molecule has 0 spiro atoms. The largest absolute Gasteiger partial charge is 0.338 e. The highest BCUT2D eigenvalue weighted by molar-refractivity contribution is 7.98. The molecule has 0 aliphatic carbocycles. The van der Waals surface area contributed by atoms with Crippen molar-refractivity contribution in [2.45, 2.75) is 5.16 Å². The summed E-state index contributed by atoms with van der Waals surface area (Å²) < 4.78 is 13.7. The average molecular weight is 304 g/mol. The van der Waals surface area contributed by atoms with E-state index in [0.717, 1.165) is 0 Å². The number of halogens is 3. The summed E-state index contributed by atoms with van der Waals surface area (Å²) in [6.45, 7) is 0. The molecular formula is C11H8Cl2FN3S. The lowest BCUT2D eigenvalue weighted by Crippen LogP contribution is -1.98. The predicted octanol–water partition coefficient (Wildman–Crippen LogP) is 4.39. The van der Waals surface area contributed by atoms with Gasteiger partial charge in [-0.25, -0.2) is 14.4 Å². The Balaban J connectivity index is 2.34. The molecule has 7 heteroatoms. The summed E-state index contributed by atoms with van der Waals surface area (Å²) in [5.41, 5.74) is 0.240. The third-order valence-corrected chi connectivity index (χ3v) is 3.10. The zero-order valence-electron chi connectivity index (χ0n) is 9.25. The van der Waals surface area contributed by atoms with Gasteiger partial charge in [-0.2, -0.15) is 0 Å². The summed E-state index contributed by atoms with van der Waals surface area (Å²) in [6.07, 6.45) is 1.83. The molecule has 0 atom stereocenters. The molecule has 1 aromatic carbocycles. The quantitative estimate of drug-likeness (QED) is 0.518. The maximum atomic E-state index is 13.7. The maximum absolute atomic E-state index is 13.7. The van der Waals surface area contributed by atoms with Crippen LogP contribution in [0.2, 0.25) is 10.2 Å². The van der Waals surface area contributed by atoms with Gasteiger partial charge in [0.1, 0.15) is 11.0 Å². The van der Waals surface area contributed by atoms with E-state index in [4.69, 9.17) is 23.2 Å². The lowest BCUT2D eigenvalue weighted by Gasteiger charge is -2.08. The number of benzene rings is 1. The highest BCUT2D eigenvalue weighted by Gasteiger charge is 2.08. The topological polar surface area (TPSA) is 37.8 Å². The zero-order chi connectivity index (χ0) is 13.1. The van der Waals surface area contributed by atoms with Crippen LogP contribution in [0, 0.1) is 5.82 Å². The first kappa shape index (κ1) is 13.4. The molecular weight excluding hydrogens is 296 g/mol. The van der Waals surface area contributed by atoms with Gasteiger partial charge in [0, 0.05) is 6.07 Å². The van der Waals surface area contributed by atoms with Crippen LogP contribution in [0.5, 0.6) is 0 Å². The fourth-order valence-corrected chi connectivity index (χ4v) is 2.08. The number of nitrogens with one attached hydrogen (secondary N) is 1. The molecule has 0 amide bonds. The maximum Gasteiger partial charge on any atom is 0.190 e. The van der Waals surface area contributed by atoms with Crippen LogP contribution in [0.1, 0.15) is 0 Å². The molecule has 0 aliphatic heterocycles. The fraction of sp³-hybridized carbons (Fsp3) is 0.0909. The first-order valence-electron chi connectivity index (χ1n) is 4.90. The number of hydrogen-bond acceptors (Lipinski definition) is 4. The lowest BCUT2D eigenvalue weighted by atomic mass is 10.3. The van der Waals surface area contributed by atoms with Gasteiger partial charge < -0.3 is 5.32 Å². The SMILES string of the molecule is CSc1nc(Cl)cc(Nc2cccc(Cl)c2F)n1. The van der Waals surface area contributed by atoms with Crippen LogP contribution in [0.3, 0.4) is 0 Å². The molecule has 1 N–H and O–H groups in total. The highest BCUT2D eigenvalue weighted by Crippen LogP contribution is 2.26. The minimum Gasteiger partial charge on any atom is -0.338 e. The van der Waals surface area contributed by atoms with Gasteiger partial charge in [-0.1, -0.05) is 41.0 Å². The highest BCUT2D eigenvalue weighted by atomic mass is 35.5. The van der Waals surface area contributed by atoms with Crippen molar-refractivity contribution in [3.05, 3.63) is 40.3 Å². The molecule has 0 bridgehead atoms. The van der Waals surface area contributed by atoms with Crippen molar-refractivity contribution in [1.82, 2.24) is 9.97 Å². The standard InChI is InChI=1S/C11H8Cl2FN3S/c1-18-11-16-8(13)5-9(17-11)15-7-4-2-3-6(12)10(7)14/h2-5H,1H3,(H,15,16,17). The van der Waals surface area contributed by atoms with Crippen LogP contribution in [-0.2, 0) is 0 Å². The molecule has 0 saturated heterocycles. The minimum atomic E-state index is -0.528. The van der Waals surface area contributed by atoms with Gasteiger partial charge in [0.05, 0.1) is 10.7 Å². The van der Waals surface area contributed by atoms with Crippen LogP contribution >= 0.6 is 35.0 Å². The second-order valence-electron chi connectivity index (χ2n) is 3.29. The first-order chi connectivity index (χ1) is 8.60. The van der Waals surface area contributed by atoms with Gasteiger partial charge in [-0.05, 0) is 18.4 Å². The van der Waals surface area contributed by atoms with E-state index in [-0.39, 0.29) is 10.7 Å². The number of hydrogen-bond donors (Lipinski definition) is 1. The van der Waals surface area contributed by atoms with Gasteiger partial charge >= 0.3 is 0 Å². The number of anilines is 2. The Hall–Kier alpha value is -1.04. The van der Waals surface area contributed by atoms with Crippen molar-refractivity contribution in [3.63, 3.8) is 0 Å². The summed E-state index contributed by atoms with van der Waals surface area (Å²) in [5.74, 6) is -0.111. The second kappa shape index (κ2) is 5.73. The molecule has 18 heavy (non-hydrogen) atoms. The molecule has 3 nitrogen and oxygen atoms in total. The molecule has 1 aromatic heterocycles. The van der Waals surface area contributed by atoms with Crippen molar-refractivity contribution in [2.75, 3.05) is 11.6 Å². The minimum absolute atomic E-state index is 0.0465. The molecule has 2 rings (SSSR count). The van der Waals surface area contributed by atoms with Gasteiger partial charge in [0.15, 0.2) is 11.0 Å². The Morgan fingerprint density at radius 1 is 1.28 bits per heavy atom. The predicted molar refractivity (Wildman–Crippen MR) is 73.5 cm³/mol. The normalized spacial score (nSPS) is 10.4. The van der Waals surface area contributed by atoms with Crippen molar-refractivity contribution in [1.29, 1.82) is 0 Å². The zero-order valence-corrected chi connectivity index (χ0v) is 11.6. The second-order valence-corrected chi connectivity index (χ2v) is 4.86. The summed E-state index contributed by atoms with van der Waals surface area (Å²) in [5, 5.41) is 3.66. The summed E-state index contributed by atoms with van der Waals surface area (Å²) in [7, 11) is 0. The van der Waals surface area contributed by atoms with Crippen LogP contribution in [0.15, 0.2) is 29.4 Å². The molecule has 0 saturated carbocycles. The number of thioether (sulfide) groups is 1. The van der Waals surface area contributed by atoms with Gasteiger partial charge in [0.25, 0.3) is 0 Å². The number of aromatic nitrogens is 2. The van der Waals surface area contributed by atoms with Crippen molar-refractivity contribution < 1.29 is 4.39 Å². The fourth-order valence-electron chi connectivity index (χ4n) is 1.29. The monoisotopic (exact) mass is 303 g/mol. The molecule has 0 aliphatic rings. The number of nitrogens with zero attached hydrogens (tertiary/aromatic N) is 2. The molecule has 0 unspecified atom stereocenters. The van der Waals surface area contributed by atoms with Crippen LogP contribution in [-0.4, -0.2) is 16.2 Å². The van der Waals surface area contributed by atoms with E-state index in [1.54, 1.807) is 12.1 Å².